The highest BCUT2D eigenvalue weighted by Crippen LogP contribution is 2.49. The summed E-state index contributed by atoms with van der Waals surface area (Å²) in [6.45, 7) is 9.95. The highest BCUT2D eigenvalue weighted by molar-refractivity contribution is 6.32. The fourth-order valence-electron chi connectivity index (χ4n) is 3.87. The van der Waals surface area contributed by atoms with Gasteiger partial charge in [-0.3, -0.25) is 9.48 Å². The number of nitriles is 1. The van der Waals surface area contributed by atoms with E-state index in [-0.39, 0.29) is 28.7 Å². The van der Waals surface area contributed by atoms with Crippen LogP contribution in [-0.2, 0) is 9.53 Å². The smallest absolute Gasteiger partial charge is 0.205 e. The molecule has 0 radical (unpaired) electrons. The fourth-order valence-corrected chi connectivity index (χ4v) is 4.10. The number of halogens is 1. The summed E-state index contributed by atoms with van der Waals surface area (Å²) >= 11 is 6.62. The molecule has 6 nitrogen and oxygen atoms in total. The lowest BCUT2D eigenvalue weighted by molar-refractivity contribution is -0.119. The molecule has 0 amide bonds. The molecule has 0 spiro atoms. The Kier molecular flexibility index (Phi) is 4.85. The van der Waals surface area contributed by atoms with E-state index in [0.717, 1.165) is 6.42 Å². The average molecular weight is 389 g/mol. The predicted octanol–water partition coefficient (Wildman–Crippen LogP) is 4.27. The van der Waals surface area contributed by atoms with Crippen LogP contribution in [0.15, 0.2) is 22.8 Å². The predicted molar refractivity (Wildman–Crippen MR) is 103 cm³/mol. The van der Waals surface area contributed by atoms with E-state index in [1.165, 1.54) is 0 Å². The van der Waals surface area contributed by atoms with Crippen molar-refractivity contribution >= 4 is 17.4 Å². The SMILES string of the molecule is CC[C@H](C)n1nc(C)c(Cl)c1[C@@H]1C(C#N)=C(N)OC2=C1C(=O)CC(C)(C)C2. The number of hydrogen-bond acceptors (Lipinski definition) is 5. The summed E-state index contributed by atoms with van der Waals surface area (Å²) in [5.41, 5.74) is 7.89. The van der Waals surface area contributed by atoms with Crippen molar-refractivity contribution < 1.29 is 9.53 Å². The molecule has 0 unspecified atom stereocenters. The molecule has 1 aliphatic carbocycles. The first-order chi connectivity index (χ1) is 12.6. The molecule has 1 aliphatic heterocycles. The Balaban J connectivity index is 2.29. The van der Waals surface area contributed by atoms with E-state index in [0.29, 0.717) is 40.6 Å². The van der Waals surface area contributed by atoms with Gasteiger partial charge in [-0.15, -0.1) is 0 Å². The monoisotopic (exact) mass is 388 g/mol. The average Bonchev–Trinajstić information content (AvgIpc) is 2.86. The van der Waals surface area contributed by atoms with Crippen LogP contribution in [0.1, 0.15) is 70.3 Å². The molecule has 1 aromatic rings. The third-order valence-electron chi connectivity index (χ3n) is 5.40. The van der Waals surface area contributed by atoms with Crippen LogP contribution in [0.2, 0.25) is 5.02 Å². The molecule has 144 valence electrons. The number of ketones is 1. The number of allylic oxidation sites excluding steroid dienone is 3. The van der Waals surface area contributed by atoms with Gasteiger partial charge in [0.2, 0.25) is 5.88 Å². The standard InChI is InChI=1S/C20H25ClN4O2/c1-6-10(2)25-18(17(21)11(3)24-25)15-12(9-22)19(23)27-14-8-20(4,5)7-13(26)16(14)15/h10,15H,6-8,23H2,1-5H3/t10-,15+/m0/s1. The summed E-state index contributed by atoms with van der Waals surface area (Å²) in [6.07, 6.45) is 1.80. The minimum Gasteiger partial charge on any atom is -0.444 e. The number of nitrogens with two attached hydrogens (primary N) is 1. The van der Waals surface area contributed by atoms with E-state index in [4.69, 9.17) is 22.1 Å². The number of rotatable bonds is 3. The first kappa shape index (κ1) is 19.5. The lowest BCUT2D eigenvalue weighted by Gasteiger charge is -2.37. The van der Waals surface area contributed by atoms with Gasteiger partial charge in [0, 0.05) is 24.5 Å². The maximum atomic E-state index is 13.1. The van der Waals surface area contributed by atoms with E-state index in [1.807, 2.05) is 32.4 Å². The summed E-state index contributed by atoms with van der Waals surface area (Å²) in [4.78, 5) is 13.1. The number of aromatic nitrogens is 2. The molecule has 1 aromatic heterocycles. The zero-order chi connectivity index (χ0) is 20.1. The summed E-state index contributed by atoms with van der Waals surface area (Å²) in [7, 11) is 0. The third kappa shape index (κ3) is 3.14. The molecule has 0 saturated carbocycles. The number of ether oxygens (including phenoxy) is 1. The second-order valence-corrected chi connectivity index (χ2v) is 8.57. The molecule has 2 aliphatic rings. The number of nitrogens with zero attached hydrogens (tertiary/aromatic N) is 3. The van der Waals surface area contributed by atoms with Crippen molar-refractivity contribution in [2.75, 3.05) is 0 Å². The van der Waals surface area contributed by atoms with Crippen molar-refractivity contribution in [2.24, 2.45) is 11.1 Å². The van der Waals surface area contributed by atoms with Crippen molar-refractivity contribution in [1.29, 1.82) is 5.26 Å². The Hall–Kier alpha value is -2.26. The van der Waals surface area contributed by atoms with Crippen LogP contribution < -0.4 is 5.73 Å². The van der Waals surface area contributed by atoms with Crippen LogP contribution in [0.25, 0.3) is 0 Å². The zero-order valence-corrected chi connectivity index (χ0v) is 17.1. The van der Waals surface area contributed by atoms with Crippen LogP contribution in [-0.4, -0.2) is 15.6 Å². The van der Waals surface area contributed by atoms with Gasteiger partial charge in [0.25, 0.3) is 0 Å². The number of carbonyl (C=O) groups excluding carboxylic acids is 1. The summed E-state index contributed by atoms with van der Waals surface area (Å²) in [6, 6.07) is 2.20. The van der Waals surface area contributed by atoms with Gasteiger partial charge >= 0.3 is 0 Å². The fraction of sp³-hybridized carbons (Fsp3) is 0.550. The van der Waals surface area contributed by atoms with Crippen LogP contribution in [0.4, 0.5) is 0 Å². The van der Waals surface area contributed by atoms with Crippen molar-refractivity contribution in [2.45, 2.75) is 65.8 Å². The first-order valence-corrected chi connectivity index (χ1v) is 9.57. The molecule has 0 saturated heterocycles. The number of Topliss-reactive ketones (excluding diaryl/α,β-unsaturated/α-hetero) is 1. The first-order valence-electron chi connectivity index (χ1n) is 9.19. The summed E-state index contributed by atoms with van der Waals surface area (Å²) < 4.78 is 7.58. The van der Waals surface area contributed by atoms with Crippen LogP contribution >= 0.6 is 11.6 Å². The number of carbonyl (C=O) groups is 1. The molecule has 27 heavy (non-hydrogen) atoms. The summed E-state index contributed by atoms with van der Waals surface area (Å²) in [5.74, 6) is -0.0945. The normalized spacial score (nSPS) is 23.0. The molecule has 2 heterocycles. The van der Waals surface area contributed by atoms with Crippen LogP contribution in [0.3, 0.4) is 0 Å². The largest absolute Gasteiger partial charge is 0.444 e. The Bertz CT molecular complexity index is 917. The van der Waals surface area contributed by atoms with Gasteiger partial charge in [-0.25, -0.2) is 0 Å². The van der Waals surface area contributed by atoms with Crippen LogP contribution in [0, 0.1) is 23.7 Å². The minimum absolute atomic E-state index is 0.0304. The molecule has 7 heteroatoms. The highest BCUT2D eigenvalue weighted by atomic mass is 35.5. The molecule has 0 fully saturated rings. The summed E-state index contributed by atoms with van der Waals surface area (Å²) in [5, 5.41) is 14.8. The van der Waals surface area contributed by atoms with E-state index in [2.05, 4.69) is 18.1 Å². The molecule has 2 N–H and O–H groups in total. The molecule has 3 rings (SSSR count). The Morgan fingerprint density at radius 3 is 2.74 bits per heavy atom. The van der Waals surface area contributed by atoms with Gasteiger partial charge in [-0.2, -0.15) is 10.4 Å². The van der Waals surface area contributed by atoms with Crippen LogP contribution in [0.5, 0.6) is 0 Å². The zero-order valence-electron chi connectivity index (χ0n) is 16.4. The number of aryl methyl sites for hydroxylation is 1. The molecular weight excluding hydrogens is 364 g/mol. The lowest BCUT2D eigenvalue weighted by Crippen LogP contribution is -2.34. The Labute approximate surface area is 164 Å². The number of hydrogen-bond donors (Lipinski definition) is 1. The second kappa shape index (κ2) is 6.72. The van der Waals surface area contributed by atoms with Gasteiger partial charge < -0.3 is 10.5 Å². The van der Waals surface area contributed by atoms with Gasteiger partial charge in [0.1, 0.15) is 17.4 Å². The molecule has 0 bridgehead atoms. The van der Waals surface area contributed by atoms with Gasteiger partial charge in [-0.1, -0.05) is 32.4 Å². The van der Waals surface area contributed by atoms with Crippen molar-refractivity contribution in [3.63, 3.8) is 0 Å². The van der Waals surface area contributed by atoms with E-state index >= 15 is 0 Å². The van der Waals surface area contributed by atoms with Crippen molar-refractivity contribution in [3.8, 4) is 6.07 Å². The lowest BCUT2D eigenvalue weighted by atomic mass is 9.71. The van der Waals surface area contributed by atoms with Gasteiger partial charge in [0.05, 0.1) is 22.3 Å². The van der Waals surface area contributed by atoms with Gasteiger partial charge in [0.15, 0.2) is 5.78 Å². The second-order valence-electron chi connectivity index (χ2n) is 8.19. The van der Waals surface area contributed by atoms with E-state index < -0.39 is 5.92 Å². The van der Waals surface area contributed by atoms with Crippen molar-refractivity contribution in [3.05, 3.63) is 39.2 Å². The van der Waals surface area contributed by atoms with Gasteiger partial charge in [-0.05, 0) is 25.7 Å². The third-order valence-corrected chi connectivity index (χ3v) is 5.87. The van der Waals surface area contributed by atoms with Crippen molar-refractivity contribution in [1.82, 2.24) is 9.78 Å². The molecule has 2 atom stereocenters. The Morgan fingerprint density at radius 2 is 2.15 bits per heavy atom. The Morgan fingerprint density at radius 1 is 1.48 bits per heavy atom. The molecular formula is C20H25ClN4O2. The highest BCUT2D eigenvalue weighted by Gasteiger charge is 2.45. The van der Waals surface area contributed by atoms with E-state index in [1.54, 1.807) is 0 Å². The van der Waals surface area contributed by atoms with E-state index in [9.17, 15) is 10.1 Å². The maximum absolute atomic E-state index is 13.1. The topological polar surface area (TPSA) is 93.9 Å². The quantitative estimate of drug-likeness (QED) is 0.834. The molecule has 0 aromatic carbocycles. The maximum Gasteiger partial charge on any atom is 0.205 e. The minimum atomic E-state index is -0.648.